The molecule has 194 valence electrons. The number of rotatable bonds is 3. The van der Waals surface area contributed by atoms with Crippen LogP contribution in [0.5, 0.6) is 5.88 Å². The van der Waals surface area contributed by atoms with Gasteiger partial charge in [0.25, 0.3) is 5.88 Å². The van der Waals surface area contributed by atoms with E-state index in [-0.39, 0.29) is 6.42 Å². The van der Waals surface area contributed by atoms with E-state index in [4.69, 9.17) is 4.74 Å². The molecule has 1 N–H and O–H groups in total. The third-order valence-electron chi connectivity index (χ3n) is 6.34. The topological polar surface area (TPSA) is 97.5 Å². The Morgan fingerprint density at radius 2 is 2.06 bits per heavy atom. The highest BCUT2D eigenvalue weighted by Gasteiger charge is 2.30. The number of aromatic nitrogens is 5. The molecule has 12 heteroatoms. The van der Waals surface area contributed by atoms with Gasteiger partial charge in [0.1, 0.15) is 6.33 Å². The number of fused-ring (bicyclic) bond motifs is 7. The third kappa shape index (κ3) is 6.21. The van der Waals surface area contributed by atoms with Crippen LogP contribution in [0.25, 0.3) is 16.9 Å². The second-order valence-electron chi connectivity index (χ2n) is 8.89. The average molecular weight is 506 g/mol. The molecule has 0 saturated heterocycles. The molecule has 4 bridgehead atoms. The number of hydrogen-bond acceptors (Lipinski definition) is 6. The Labute approximate surface area is 207 Å². The molecule has 3 aromatic heterocycles. The van der Waals surface area contributed by atoms with E-state index in [0.717, 1.165) is 12.0 Å². The molecular weight excluding hydrogens is 475 g/mol. The Morgan fingerprint density at radius 1 is 1.22 bits per heavy atom. The van der Waals surface area contributed by atoms with Crippen LogP contribution in [-0.2, 0) is 0 Å². The molecule has 0 fully saturated rings. The molecule has 0 aliphatic carbocycles. The van der Waals surface area contributed by atoms with Crippen molar-refractivity contribution in [1.82, 2.24) is 34.8 Å². The van der Waals surface area contributed by atoms with Gasteiger partial charge in [-0.15, -0.1) is 0 Å². The molecule has 2 atom stereocenters. The van der Waals surface area contributed by atoms with E-state index in [1.807, 2.05) is 26.0 Å². The third-order valence-corrected chi connectivity index (χ3v) is 6.34. The molecule has 3 aromatic rings. The van der Waals surface area contributed by atoms with Crippen molar-refractivity contribution in [2.45, 2.75) is 70.6 Å². The number of hydrogen-bond donors (Lipinski definition) is 1. The molecule has 0 aromatic carbocycles. The van der Waals surface area contributed by atoms with Gasteiger partial charge in [0, 0.05) is 30.8 Å². The summed E-state index contributed by atoms with van der Waals surface area (Å²) in [6.45, 7) is 4.42. The van der Waals surface area contributed by atoms with Gasteiger partial charge < -0.3 is 15.0 Å². The first-order valence-corrected chi connectivity index (χ1v) is 12.2. The van der Waals surface area contributed by atoms with E-state index in [1.165, 1.54) is 6.33 Å². The average Bonchev–Trinajstić information content (AvgIpc) is 3.33. The van der Waals surface area contributed by atoms with Gasteiger partial charge in [-0.1, -0.05) is 6.42 Å². The number of nitrogens with one attached hydrogen (secondary N) is 1. The van der Waals surface area contributed by atoms with Crippen LogP contribution in [-0.4, -0.2) is 60.9 Å². The standard InChI is InChI=1S/C24H30F3N7O2/c1-3-33-16(2)19-13-17(9-11-28-19)20-14-34-21(29-15-30-34)22(32-20)36-12-6-4-5-7-18(31-23(33)35)8-10-24(25,26)27/h9,11,13-16,18H,3-8,10,12H2,1-2H3,(H,31,35)/t16-,18-/m1/s1. The molecule has 0 saturated carbocycles. The number of carbonyl (C=O) groups is 1. The number of alkyl halides is 3. The Morgan fingerprint density at radius 3 is 2.83 bits per heavy atom. The summed E-state index contributed by atoms with van der Waals surface area (Å²) < 4.78 is 46.3. The minimum Gasteiger partial charge on any atom is -0.475 e. The minimum absolute atomic E-state index is 0.161. The fraction of sp³-hybridized carbons (Fsp3) is 0.542. The maximum absolute atomic E-state index is 13.1. The quantitative estimate of drug-likeness (QED) is 0.541. The molecule has 0 radical (unpaired) electrons. The van der Waals surface area contributed by atoms with Crippen molar-refractivity contribution >= 4 is 11.7 Å². The molecule has 4 rings (SSSR count). The molecule has 0 spiro atoms. The van der Waals surface area contributed by atoms with Crippen LogP contribution in [0.3, 0.4) is 0 Å². The van der Waals surface area contributed by atoms with Crippen LogP contribution in [0, 0.1) is 0 Å². The molecular formula is C24H30F3N7O2. The largest absolute Gasteiger partial charge is 0.475 e. The zero-order valence-electron chi connectivity index (χ0n) is 20.3. The molecule has 4 heterocycles. The lowest BCUT2D eigenvalue weighted by Gasteiger charge is -2.30. The number of nitrogens with zero attached hydrogens (tertiary/aromatic N) is 6. The number of carbonyl (C=O) groups excluding carboxylic acids is 1. The Kier molecular flexibility index (Phi) is 7.90. The maximum atomic E-state index is 13.1. The molecule has 2 amide bonds. The molecule has 1 aliphatic heterocycles. The highest BCUT2D eigenvalue weighted by molar-refractivity contribution is 5.75. The highest BCUT2D eigenvalue weighted by atomic mass is 19.4. The maximum Gasteiger partial charge on any atom is 0.389 e. The zero-order chi connectivity index (χ0) is 25.7. The zero-order valence-corrected chi connectivity index (χ0v) is 20.3. The van der Waals surface area contributed by atoms with Gasteiger partial charge in [0.15, 0.2) is 0 Å². The Hall–Kier alpha value is -3.44. The van der Waals surface area contributed by atoms with Crippen LogP contribution < -0.4 is 10.1 Å². The second-order valence-corrected chi connectivity index (χ2v) is 8.89. The number of pyridine rings is 1. The summed E-state index contributed by atoms with van der Waals surface area (Å²) in [5.74, 6) is 0.357. The predicted molar refractivity (Wildman–Crippen MR) is 126 cm³/mol. The van der Waals surface area contributed by atoms with Crippen molar-refractivity contribution in [3.8, 4) is 17.1 Å². The summed E-state index contributed by atoms with van der Waals surface area (Å²) in [7, 11) is 0. The summed E-state index contributed by atoms with van der Waals surface area (Å²) >= 11 is 0. The van der Waals surface area contributed by atoms with Crippen molar-refractivity contribution in [3.05, 3.63) is 36.5 Å². The lowest BCUT2D eigenvalue weighted by Crippen LogP contribution is -2.46. The van der Waals surface area contributed by atoms with E-state index in [2.05, 4.69) is 25.4 Å². The van der Waals surface area contributed by atoms with Gasteiger partial charge in [0.05, 0.1) is 30.2 Å². The van der Waals surface area contributed by atoms with Crippen molar-refractivity contribution in [1.29, 1.82) is 0 Å². The highest BCUT2D eigenvalue weighted by Crippen LogP contribution is 2.28. The smallest absolute Gasteiger partial charge is 0.389 e. The molecule has 36 heavy (non-hydrogen) atoms. The van der Waals surface area contributed by atoms with Crippen LogP contribution in [0.1, 0.15) is 64.1 Å². The first-order chi connectivity index (χ1) is 17.2. The van der Waals surface area contributed by atoms with Crippen molar-refractivity contribution < 1.29 is 22.7 Å². The number of halogens is 3. The van der Waals surface area contributed by atoms with Gasteiger partial charge in [-0.2, -0.15) is 18.3 Å². The first-order valence-electron chi connectivity index (χ1n) is 12.2. The first kappa shape index (κ1) is 25.6. The second kappa shape index (κ2) is 11.1. The van der Waals surface area contributed by atoms with Crippen LogP contribution >= 0.6 is 0 Å². The summed E-state index contributed by atoms with van der Waals surface area (Å²) in [5, 5.41) is 7.07. The molecule has 0 unspecified atom stereocenters. The van der Waals surface area contributed by atoms with E-state index in [1.54, 1.807) is 21.8 Å². The predicted octanol–water partition coefficient (Wildman–Crippen LogP) is 4.94. The fourth-order valence-electron chi connectivity index (χ4n) is 4.35. The van der Waals surface area contributed by atoms with E-state index >= 15 is 0 Å². The van der Waals surface area contributed by atoms with Gasteiger partial charge in [-0.05, 0) is 51.7 Å². The van der Waals surface area contributed by atoms with Gasteiger partial charge >= 0.3 is 12.2 Å². The molecule has 1 aliphatic rings. The van der Waals surface area contributed by atoms with Crippen molar-refractivity contribution in [2.75, 3.05) is 13.2 Å². The summed E-state index contributed by atoms with van der Waals surface area (Å²) in [6.07, 6.45) is 1.97. The van der Waals surface area contributed by atoms with Gasteiger partial charge in [0.2, 0.25) is 5.65 Å². The minimum atomic E-state index is -4.28. The van der Waals surface area contributed by atoms with E-state index in [0.29, 0.717) is 55.3 Å². The van der Waals surface area contributed by atoms with Crippen molar-refractivity contribution in [2.24, 2.45) is 0 Å². The van der Waals surface area contributed by atoms with Crippen molar-refractivity contribution in [3.63, 3.8) is 0 Å². The summed E-state index contributed by atoms with van der Waals surface area (Å²) in [5.41, 5.74) is 2.50. The Bertz CT molecular complexity index is 1180. The fourth-order valence-corrected chi connectivity index (χ4v) is 4.35. The number of amides is 2. The number of ether oxygens (including phenoxy) is 1. The summed E-state index contributed by atoms with van der Waals surface area (Å²) in [4.78, 5) is 28.1. The van der Waals surface area contributed by atoms with Gasteiger partial charge in [-0.25, -0.2) is 19.3 Å². The lowest BCUT2D eigenvalue weighted by molar-refractivity contribution is -0.136. The Balaban J connectivity index is 1.66. The van der Waals surface area contributed by atoms with Gasteiger partial charge in [-0.3, -0.25) is 4.98 Å². The molecule has 9 nitrogen and oxygen atoms in total. The SMILES string of the molecule is CCN1C(=O)N[C@@H](CCC(F)(F)F)CCCCCOc2nc(cn3ncnc23)-c2ccnc(c2)[C@H]1C. The van der Waals surface area contributed by atoms with Crippen LogP contribution in [0.2, 0.25) is 0 Å². The number of urea groups is 1. The van der Waals surface area contributed by atoms with E-state index < -0.39 is 30.7 Å². The van der Waals surface area contributed by atoms with Crippen LogP contribution in [0.4, 0.5) is 18.0 Å². The lowest BCUT2D eigenvalue weighted by atomic mass is 10.0. The monoisotopic (exact) mass is 505 g/mol. The summed E-state index contributed by atoms with van der Waals surface area (Å²) in [6, 6.07) is 2.25. The normalized spacial score (nSPS) is 20.0. The van der Waals surface area contributed by atoms with E-state index in [9.17, 15) is 18.0 Å². The van der Waals surface area contributed by atoms with Crippen LogP contribution in [0.15, 0.2) is 30.9 Å².